The van der Waals surface area contributed by atoms with Gasteiger partial charge in [0.2, 0.25) is 0 Å². The smallest absolute Gasteiger partial charge is 0.119 e. The Hall–Kier alpha value is -0.190. The molecule has 0 bridgehead atoms. The Morgan fingerprint density at radius 3 is 2.60 bits per heavy atom. The normalized spacial score (nSPS) is 10.3. The number of aliphatic hydroxyl groups excluding tert-OH is 1. The van der Waals surface area contributed by atoms with E-state index >= 15 is 0 Å². The van der Waals surface area contributed by atoms with Crippen LogP contribution in [0.15, 0.2) is 28.7 Å². The summed E-state index contributed by atoms with van der Waals surface area (Å²) in [6.07, 6.45) is 0.864. The molecule has 1 rings (SSSR count). The second-order valence-corrected chi connectivity index (χ2v) is 5.13. The van der Waals surface area contributed by atoms with Gasteiger partial charge >= 0.3 is 0 Å². The van der Waals surface area contributed by atoms with E-state index in [4.69, 9.17) is 9.84 Å². The van der Waals surface area contributed by atoms with Gasteiger partial charge in [0, 0.05) is 16.8 Å². The summed E-state index contributed by atoms with van der Waals surface area (Å²) in [4.78, 5) is 0. The van der Waals surface area contributed by atoms with E-state index in [1.807, 2.05) is 24.3 Å². The lowest BCUT2D eigenvalue weighted by Gasteiger charge is -2.05. The number of rotatable bonds is 7. The first-order chi connectivity index (χ1) is 7.33. The fourth-order valence-electron chi connectivity index (χ4n) is 1.02. The lowest BCUT2D eigenvalue weighted by atomic mass is 10.3. The highest BCUT2D eigenvalue weighted by Gasteiger charge is 1.94. The van der Waals surface area contributed by atoms with Crippen LogP contribution in [0.3, 0.4) is 0 Å². The van der Waals surface area contributed by atoms with Crippen molar-refractivity contribution in [1.29, 1.82) is 0 Å². The van der Waals surface area contributed by atoms with E-state index in [1.165, 1.54) is 0 Å². The highest BCUT2D eigenvalue weighted by molar-refractivity contribution is 9.10. The van der Waals surface area contributed by atoms with Gasteiger partial charge in [0.1, 0.15) is 5.75 Å². The van der Waals surface area contributed by atoms with Gasteiger partial charge in [0.15, 0.2) is 0 Å². The van der Waals surface area contributed by atoms with Gasteiger partial charge in [0.25, 0.3) is 0 Å². The molecule has 1 aromatic rings. The summed E-state index contributed by atoms with van der Waals surface area (Å²) in [5, 5.41) is 8.58. The quantitative estimate of drug-likeness (QED) is 0.783. The molecule has 0 atom stereocenters. The summed E-state index contributed by atoms with van der Waals surface area (Å²) >= 11 is 5.18. The van der Waals surface area contributed by atoms with Crippen LogP contribution in [-0.2, 0) is 0 Å². The number of benzene rings is 1. The number of ether oxygens (including phenoxy) is 1. The van der Waals surface area contributed by atoms with E-state index in [2.05, 4.69) is 15.9 Å². The molecule has 15 heavy (non-hydrogen) atoms. The number of halogens is 1. The molecule has 0 aliphatic heterocycles. The zero-order valence-electron chi connectivity index (χ0n) is 8.49. The lowest BCUT2D eigenvalue weighted by Crippen LogP contribution is -2.01. The maximum absolute atomic E-state index is 8.58. The Morgan fingerprint density at radius 1 is 1.20 bits per heavy atom. The van der Waals surface area contributed by atoms with Crippen molar-refractivity contribution in [1.82, 2.24) is 0 Å². The SMILES string of the molecule is OCCCSCCOc1ccc(Br)cc1. The average molecular weight is 291 g/mol. The van der Waals surface area contributed by atoms with Crippen molar-refractivity contribution in [3.63, 3.8) is 0 Å². The van der Waals surface area contributed by atoms with Gasteiger partial charge in [-0.3, -0.25) is 0 Å². The van der Waals surface area contributed by atoms with Crippen LogP contribution in [-0.4, -0.2) is 29.8 Å². The molecule has 84 valence electrons. The Balaban J connectivity index is 2.07. The topological polar surface area (TPSA) is 29.5 Å². The molecule has 0 amide bonds. The molecule has 0 aliphatic carbocycles. The molecule has 0 aliphatic rings. The van der Waals surface area contributed by atoms with Crippen molar-refractivity contribution in [2.24, 2.45) is 0 Å². The minimum atomic E-state index is 0.278. The van der Waals surface area contributed by atoms with Crippen LogP contribution in [0.2, 0.25) is 0 Å². The van der Waals surface area contributed by atoms with Gasteiger partial charge in [0.05, 0.1) is 6.61 Å². The zero-order chi connectivity index (χ0) is 10.9. The summed E-state index contributed by atoms with van der Waals surface area (Å²) < 4.78 is 6.60. The Morgan fingerprint density at radius 2 is 1.93 bits per heavy atom. The Labute approximate surface area is 103 Å². The van der Waals surface area contributed by atoms with Crippen LogP contribution in [0.4, 0.5) is 0 Å². The van der Waals surface area contributed by atoms with Gasteiger partial charge in [-0.15, -0.1) is 0 Å². The van der Waals surface area contributed by atoms with Gasteiger partial charge in [-0.1, -0.05) is 15.9 Å². The molecule has 1 N–H and O–H groups in total. The largest absolute Gasteiger partial charge is 0.493 e. The molecule has 2 nitrogen and oxygen atoms in total. The average Bonchev–Trinajstić information content (AvgIpc) is 2.26. The molecule has 0 radical (unpaired) electrons. The van der Waals surface area contributed by atoms with E-state index in [9.17, 15) is 0 Å². The van der Waals surface area contributed by atoms with Crippen molar-refractivity contribution in [3.8, 4) is 5.75 Å². The van der Waals surface area contributed by atoms with Gasteiger partial charge in [-0.25, -0.2) is 0 Å². The molecule has 0 aromatic heterocycles. The zero-order valence-corrected chi connectivity index (χ0v) is 10.9. The number of hydrogen-bond donors (Lipinski definition) is 1. The first-order valence-electron chi connectivity index (χ1n) is 4.90. The third-order valence-electron chi connectivity index (χ3n) is 1.76. The van der Waals surface area contributed by atoms with Gasteiger partial charge in [-0.05, 0) is 36.4 Å². The molecule has 1 aromatic carbocycles. The van der Waals surface area contributed by atoms with Crippen molar-refractivity contribution < 1.29 is 9.84 Å². The monoisotopic (exact) mass is 290 g/mol. The third-order valence-corrected chi connectivity index (χ3v) is 3.32. The Bertz CT molecular complexity index is 264. The summed E-state index contributed by atoms with van der Waals surface area (Å²) in [7, 11) is 0. The van der Waals surface area contributed by atoms with Crippen LogP contribution in [0.1, 0.15) is 6.42 Å². The third kappa shape index (κ3) is 6.07. The molecule has 0 spiro atoms. The summed E-state index contributed by atoms with van der Waals surface area (Å²) in [6.45, 7) is 0.998. The molecule has 0 unspecified atom stereocenters. The van der Waals surface area contributed by atoms with Crippen LogP contribution in [0.25, 0.3) is 0 Å². The number of hydrogen-bond acceptors (Lipinski definition) is 3. The van der Waals surface area contributed by atoms with E-state index in [0.29, 0.717) is 0 Å². The maximum atomic E-state index is 8.58. The van der Waals surface area contributed by atoms with E-state index < -0.39 is 0 Å². The second kappa shape index (κ2) is 8.02. The van der Waals surface area contributed by atoms with E-state index in [0.717, 1.165) is 34.8 Å². The number of aliphatic hydroxyl groups is 1. The minimum Gasteiger partial charge on any atom is -0.493 e. The highest BCUT2D eigenvalue weighted by atomic mass is 79.9. The first-order valence-corrected chi connectivity index (χ1v) is 6.84. The fourth-order valence-corrected chi connectivity index (χ4v) is 2.02. The lowest BCUT2D eigenvalue weighted by molar-refractivity contribution is 0.296. The van der Waals surface area contributed by atoms with Crippen molar-refractivity contribution in [3.05, 3.63) is 28.7 Å². The fraction of sp³-hybridized carbons (Fsp3) is 0.455. The van der Waals surface area contributed by atoms with E-state index in [1.54, 1.807) is 11.8 Å². The van der Waals surface area contributed by atoms with Crippen LogP contribution >= 0.6 is 27.7 Å². The van der Waals surface area contributed by atoms with Crippen LogP contribution < -0.4 is 4.74 Å². The first kappa shape index (κ1) is 12.9. The maximum Gasteiger partial charge on any atom is 0.119 e. The molecular formula is C11H15BrO2S. The van der Waals surface area contributed by atoms with Gasteiger partial charge < -0.3 is 9.84 Å². The highest BCUT2D eigenvalue weighted by Crippen LogP contribution is 2.16. The standard InChI is InChI=1S/C11H15BrO2S/c12-10-2-4-11(5-3-10)14-7-9-15-8-1-6-13/h2-5,13H,1,6-9H2. The van der Waals surface area contributed by atoms with Crippen LogP contribution in [0.5, 0.6) is 5.75 Å². The van der Waals surface area contributed by atoms with Crippen LogP contribution in [0, 0.1) is 0 Å². The summed E-state index contributed by atoms with van der Waals surface area (Å²) in [5.41, 5.74) is 0. The molecule has 4 heteroatoms. The molecule has 0 fully saturated rings. The number of thioether (sulfide) groups is 1. The van der Waals surface area contributed by atoms with Gasteiger partial charge in [-0.2, -0.15) is 11.8 Å². The minimum absolute atomic E-state index is 0.278. The van der Waals surface area contributed by atoms with E-state index in [-0.39, 0.29) is 6.61 Å². The Kier molecular flexibility index (Phi) is 6.88. The van der Waals surface area contributed by atoms with Crippen molar-refractivity contribution in [2.75, 3.05) is 24.7 Å². The molecule has 0 saturated heterocycles. The van der Waals surface area contributed by atoms with Crippen molar-refractivity contribution >= 4 is 27.7 Å². The molecule has 0 heterocycles. The summed E-state index contributed by atoms with van der Waals surface area (Å²) in [5.74, 6) is 2.87. The predicted molar refractivity (Wildman–Crippen MR) is 68.7 cm³/mol. The molecular weight excluding hydrogens is 276 g/mol. The molecule has 0 saturated carbocycles. The second-order valence-electron chi connectivity index (χ2n) is 2.99. The summed E-state index contributed by atoms with van der Waals surface area (Å²) in [6, 6.07) is 7.83. The predicted octanol–water partition coefficient (Wildman–Crippen LogP) is 2.94. The van der Waals surface area contributed by atoms with Crippen molar-refractivity contribution in [2.45, 2.75) is 6.42 Å².